The van der Waals surface area contributed by atoms with Crippen LogP contribution in [0.4, 0.5) is 0 Å². The van der Waals surface area contributed by atoms with E-state index in [1.807, 2.05) is 6.20 Å². The van der Waals surface area contributed by atoms with Crippen LogP contribution < -0.4 is 5.73 Å². The van der Waals surface area contributed by atoms with E-state index in [0.29, 0.717) is 12.5 Å². The zero-order valence-corrected chi connectivity index (χ0v) is 10.8. The molecule has 4 nitrogen and oxygen atoms in total. The number of rotatable bonds is 3. The van der Waals surface area contributed by atoms with Gasteiger partial charge in [-0.3, -0.25) is 0 Å². The van der Waals surface area contributed by atoms with Gasteiger partial charge in [-0.1, -0.05) is 6.92 Å². The Labute approximate surface area is 103 Å². The quantitative estimate of drug-likeness (QED) is 0.857. The molecule has 1 aliphatic heterocycles. The summed E-state index contributed by atoms with van der Waals surface area (Å²) in [6, 6.07) is 2.06. The van der Waals surface area contributed by atoms with Crippen molar-refractivity contribution in [2.45, 2.75) is 31.6 Å². The summed E-state index contributed by atoms with van der Waals surface area (Å²) < 4.78 is 0. The van der Waals surface area contributed by atoms with Crippen molar-refractivity contribution >= 4 is 0 Å². The summed E-state index contributed by atoms with van der Waals surface area (Å²) in [6.07, 6.45) is 4.27. The summed E-state index contributed by atoms with van der Waals surface area (Å²) >= 11 is 0. The lowest BCUT2D eigenvalue weighted by Crippen LogP contribution is -2.29. The number of piperidine rings is 1. The van der Waals surface area contributed by atoms with Crippen molar-refractivity contribution in [3.05, 3.63) is 23.8 Å². The fraction of sp³-hybridized carbons (Fsp3) is 0.692. The normalized spacial score (nSPS) is 20.4. The molecule has 2 N–H and O–H groups in total. The van der Waals surface area contributed by atoms with Crippen molar-refractivity contribution in [2.24, 2.45) is 5.73 Å². The van der Waals surface area contributed by atoms with Crippen LogP contribution >= 0.6 is 0 Å². The smallest absolute Gasteiger partial charge is 0.132 e. The summed E-state index contributed by atoms with van der Waals surface area (Å²) in [4.78, 5) is 11.4. The van der Waals surface area contributed by atoms with Gasteiger partial charge >= 0.3 is 0 Å². The Kier molecular flexibility index (Phi) is 4.07. The van der Waals surface area contributed by atoms with E-state index < -0.39 is 0 Å². The SMILES string of the molecule is CC(CN)c1nccc(C2CCN(C)CC2)n1. The molecule has 4 heteroatoms. The molecule has 1 fully saturated rings. The van der Waals surface area contributed by atoms with E-state index in [-0.39, 0.29) is 5.92 Å². The highest BCUT2D eigenvalue weighted by Gasteiger charge is 2.20. The van der Waals surface area contributed by atoms with Gasteiger partial charge in [0.05, 0.1) is 0 Å². The number of hydrogen-bond donors (Lipinski definition) is 1. The molecule has 1 saturated heterocycles. The highest BCUT2D eigenvalue weighted by atomic mass is 15.1. The first kappa shape index (κ1) is 12.5. The molecule has 2 heterocycles. The standard InChI is InChI=1S/C13H22N4/c1-10(9-14)13-15-6-3-12(16-13)11-4-7-17(2)8-5-11/h3,6,10-11H,4-5,7-9,14H2,1-2H3. The van der Waals surface area contributed by atoms with E-state index in [2.05, 4.69) is 34.9 Å². The van der Waals surface area contributed by atoms with Gasteiger partial charge in [-0.05, 0) is 39.0 Å². The Morgan fingerprint density at radius 2 is 2.18 bits per heavy atom. The summed E-state index contributed by atoms with van der Waals surface area (Å²) in [5, 5.41) is 0. The Balaban J connectivity index is 2.10. The van der Waals surface area contributed by atoms with Crippen LogP contribution in [0.25, 0.3) is 0 Å². The summed E-state index contributed by atoms with van der Waals surface area (Å²) in [5.41, 5.74) is 6.86. The molecule has 0 aromatic carbocycles. The summed E-state index contributed by atoms with van der Waals surface area (Å²) in [6.45, 7) is 5.01. The lowest BCUT2D eigenvalue weighted by molar-refractivity contribution is 0.253. The molecule has 0 bridgehead atoms. The van der Waals surface area contributed by atoms with E-state index in [9.17, 15) is 0 Å². The minimum absolute atomic E-state index is 0.251. The zero-order valence-electron chi connectivity index (χ0n) is 10.8. The average Bonchev–Trinajstić information content (AvgIpc) is 2.39. The van der Waals surface area contributed by atoms with Crippen LogP contribution in [0.5, 0.6) is 0 Å². The second kappa shape index (κ2) is 5.56. The number of nitrogens with zero attached hydrogens (tertiary/aromatic N) is 3. The van der Waals surface area contributed by atoms with Gasteiger partial charge < -0.3 is 10.6 Å². The van der Waals surface area contributed by atoms with Gasteiger partial charge in [0.1, 0.15) is 5.82 Å². The molecule has 0 amide bonds. The van der Waals surface area contributed by atoms with Crippen LogP contribution in [0.15, 0.2) is 12.3 Å². The Bertz CT molecular complexity index is 358. The van der Waals surface area contributed by atoms with Gasteiger partial charge in [0.15, 0.2) is 0 Å². The molecule has 1 unspecified atom stereocenters. The molecular weight excluding hydrogens is 212 g/mol. The van der Waals surface area contributed by atoms with Crippen LogP contribution in [-0.4, -0.2) is 41.5 Å². The molecule has 0 saturated carbocycles. The molecule has 0 aliphatic carbocycles. The summed E-state index contributed by atoms with van der Waals surface area (Å²) in [7, 11) is 2.18. The van der Waals surface area contributed by atoms with Crippen molar-refractivity contribution < 1.29 is 0 Å². The second-order valence-corrected chi connectivity index (χ2v) is 5.05. The Hall–Kier alpha value is -1.00. The van der Waals surface area contributed by atoms with E-state index in [1.54, 1.807) is 0 Å². The molecule has 1 aromatic heterocycles. The van der Waals surface area contributed by atoms with Crippen LogP contribution in [0, 0.1) is 0 Å². The average molecular weight is 234 g/mol. The third kappa shape index (κ3) is 3.01. The van der Waals surface area contributed by atoms with Crippen LogP contribution in [0.3, 0.4) is 0 Å². The second-order valence-electron chi connectivity index (χ2n) is 5.05. The molecule has 17 heavy (non-hydrogen) atoms. The van der Waals surface area contributed by atoms with E-state index in [4.69, 9.17) is 5.73 Å². The highest BCUT2D eigenvalue weighted by molar-refractivity contribution is 5.11. The van der Waals surface area contributed by atoms with Gasteiger partial charge in [-0.25, -0.2) is 9.97 Å². The predicted octanol–water partition coefficient (Wildman–Crippen LogP) is 1.35. The largest absolute Gasteiger partial charge is 0.330 e. The fourth-order valence-electron chi connectivity index (χ4n) is 2.26. The van der Waals surface area contributed by atoms with Crippen molar-refractivity contribution in [3.63, 3.8) is 0 Å². The molecule has 1 aliphatic rings. The first-order chi connectivity index (χ1) is 8.20. The molecule has 1 aromatic rings. The maximum absolute atomic E-state index is 5.66. The maximum atomic E-state index is 5.66. The minimum atomic E-state index is 0.251. The first-order valence-corrected chi connectivity index (χ1v) is 6.42. The maximum Gasteiger partial charge on any atom is 0.132 e. The Morgan fingerprint density at radius 1 is 1.47 bits per heavy atom. The van der Waals surface area contributed by atoms with Gasteiger partial charge in [0, 0.05) is 30.3 Å². The molecule has 1 atom stereocenters. The van der Waals surface area contributed by atoms with Crippen molar-refractivity contribution in [2.75, 3.05) is 26.7 Å². The topological polar surface area (TPSA) is 55.0 Å². The van der Waals surface area contributed by atoms with Crippen molar-refractivity contribution in [1.29, 1.82) is 0 Å². The van der Waals surface area contributed by atoms with Crippen molar-refractivity contribution in [1.82, 2.24) is 14.9 Å². The minimum Gasteiger partial charge on any atom is -0.330 e. The third-order valence-corrected chi connectivity index (χ3v) is 3.63. The van der Waals surface area contributed by atoms with Gasteiger partial charge in [0.2, 0.25) is 0 Å². The molecule has 2 rings (SSSR count). The van der Waals surface area contributed by atoms with E-state index in [1.165, 1.54) is 18.5 Å². The lowest BCUT2D eigenvalue weighted by atomic mass is 9.93. The van der Waals surface area contributed by atoms with Crippen molar-refractivity contribution in [3.8, 4) is 0 Å². The lowest BCUT2D eigenvalue weighted by Gasteiger charge is -2.28. The van der Waals surface area contributed by atoms with Gasteiger partial charge in [0.25, 0.3) is 0 Å². The molecule has 0 radical (unpaired) electrons. The predicted molar refractivity (Wildman–Crippen MR) is 69.0 cm³/mol. The molecule has 0 spiro atoms. The number of likely N-dealkylation sites (tertiary alicyclic amines) is 1. The van der Waals surface area contributed by atoms with Crippen LogP contribution in [0.2, 0.25) is 0 Å². The number of aromatic nitrogens is 2. The van der Waals surface area contributed by atoms with E-state index >= 15 is 0 Å². The van der Waals surface area contributed by atoms with Crippen LogP contribution in [-0.2, 0) is 0 Å². The van der Waals surface area contributed by atoms with Gasteiger partial charge in [-0.15, -0.1) is 0 Å². The highest BCUT2D eigenvalue weighted by Crippen LogP contribution is 2.26. The van der Waals surface area contributed by atoms with E-state index in [0.717, 1.165) is 18.9 Å². The summed E-state index contributed by atoms with van der Waals surface area (Å²) in [5.74, 6) is 1.74. The third-order valence-electron chi connectivity index (χ3n) is 3.63. The Morgan fingerprint density at radius 3 is 2.82 bits per heavy atom. The zero-order chi connectivity index (χ0) is 12.3. The van der Waals surface area contributed by atoms with Gasteiger partial charge in [-0.2, -0.15) is 0 Å². The number of hydrogen-bond acceptors (Lipinski definition) is 4. The molecular formula is C13H22N4. The first-order valence-electron chi connectivity index (χ1n) is 6.42. The fourth-order valence-corrected chi connectivity index (χ4v) is 2.26. The van der Waals surface area contributed by atoms with Crippen LogP contribution in [0.1, 0.15) is 43.1 Å². The monoisotopic (exact) mass is 234 g/mol. The number of nitrogens with two attached hydrogens (primary N) is 1. The molecule has 94 valence electrons.